The zero-order valence-electron chi connectivity index (χ0n) is 8.16. The van der Waals surface area contributed by atoms with Crippen LogP contribution in [0.4, 0.5) is 0 Å². The van der Waals surface area contributed by atoms with Crippen molar-refractivity contribution in [1.82, 2.24) is 4.90 Å². The van der Waals surface area contributed by atoms with Gasteiger partial charge in [-0.1, -0.05) is 6.92 Å². The second-order valence-electron chi connectivity index (χ2n) is 3.64. The van der Waals surface area contributed by atoms with E-state index in [1.807, 2.05) is 13.8 Å². The first kappa shape index (κ1) is 9.96. The van der Waals surface area contributed by atoms with Crippen LogP contribution in [-0.2, 0) is 4.74 Å². The van der Waals surface area contributed by atoms with E-state index in [9.17, 15) is 5.11 Å². The lowest BCUT2D eigenvalue weighted by molar-refractivity contribution is -0.0395. The molecule has 3 heteroatoms. The van der Waals surface area contributed by atoms with Gasteiger partial charge in [-0.25, -0.2) is 0 Å². The van der Waals surface area contributed by atoms with Gasteiger partial charge in [0.25, 0.3) is 0 Å². The molecular weight excluding hydrogens is 154 g/mol. The van der Waals surface area contributed by atoms with Gasteiger partial charge in [-0.3, -0.25) is 4.90 Å². The fraction of sp³-hybridized carbons (Fsp3) is 1.00. The molecule has 1 saturated heterocycles. The molecule has 0 saturated carbocycles. The van der Waals surface area contributed by atoms with Gasteiger partial charge in [0.2, 0.25) is 0 Å². The Hall–Kier alpha value is -0.120. The zero-order valence-corrected chi connectivity index (χ0v) is 8.16. The van der Waals surface area contributed by atoms with Crippen molar-refractivity contribution in [3.8, 4) is 0 Å². The molecule has 0 aromatic rings. The molecule has 3 nitrogen and oxygen atoms in total. The number of ether oxygens (including phenoxy) is 1. The minimum Gasteiger partial charge on any atom is -0.389 e. The lowest BCUT2D eigenvalue weighted by Crippen LogP contribution is -2.29. The Morgan fingerprint density at radius 1 is 1.50 bits per heavy atom. The van der Waals surface area contributed by atoms with Crippen molar-refractivity contribution in [2.75, 3.05) is 19.6 Å². The predicted molar refractivity (Wildman–Crippen MR) is 48.1 cm³/mol. The van der Waals surface area contributed by atoms with E-state index in [1.54, 1.807) is 0 Å². The van der Waals surface area contributed by atoms with Crippen LogP contribution in [-0.4, -0.2) is 48.0 Å². The summed E-state index contributed by atoms with van der Waals surface area (Å²) in [5.41, 5.74) is 0. The summed E-state index contributed by atoms with van der Waals surface area (Å²) in [5.74, 6) is 0. The average Bonchev–Trinajstić information content (AvgIpc) is 2.31. The fourth-order valence-corrected chi connectivity index (χ4v) is 1.57. The van der Waals surface area contributed by atoms with Crippen LogP contribution in [0.15, 0.2) is 0 Å². The van der Waals surface area contributed by atoms with Crippen molar-refractivity contribution in [3.63, 3.8) is 0 Å². The number of hydrogen-bond acceptors (Lipinski definition) is 3. The molecule has 1 rings (SSSR count). The Bertz CT molecular complexity index is 138. The maximum atomic E-state index is 9.57. The molecule has 1 heterocycles. The monoisotopic (exact) mass is 173 g/mol. The van der Waals surface area contributed by atoms with Gasteiger partial charge in [0.15, 0.2) is 0 Å². The number of nitrogens with zero attached hydrogens (tertiary/aromatic N) is 1. The first-order valence-electron chi connectivity index (χ1n) is 4.69. The molecule has 0 aromatic heterocycles. The van der Waals surface area contributed by atoms with Crippen molar-refractivity contribution in [3.05, 3.63) is 0 Å². The van der Waals surface area contributed by atoms with Crippen LogP contribution in [0.3, 0.4) is 0 Å². The standard InChI is InChI=1S/C9H19NO2/c1-4-10-5-8(11)9(6-10)12-7(2)3/h7-9,11H,4-6H2,1-3H3/t8-,9+/m1/s1. The Kier molecular flexibility index (Phi) is 3.50. The number of hydrogen-bond donors (Lipinski definition) is 1. The van der Waals surface area contributed by atoms with E-state index in [0.717, 1.165) is 19.6 Å². The highest BCUT2D eigenvalue weighted by atomic mass is 16.5. The minimum absolute atomic E-state index is 0.0185. The molecule has 0 bridgehead atoms. The largest absolute Gasteiger partial charge is 0.389 e. The predicted octanol–water partition coefficient (Wildman–Crippen LogP) is 0.476. The van der Waals surface area contributed by atoms with Crippen molar-refractivity contribution in [2.24, 2.45) is 0 Å². The van der Waals surface area contributed by atoms with Crippen LogP contribution in [0.25, 0.3) is 0 Å². The average molecular weight is 173 g/mol. The molecule has 72 valence electrons. The second kappa shape index (κ2) is 4.21. The quantitative estimate of drug-likeness (QED) is 0.673. The Morgan fingerprint density at radius 3 is 2.58 bits per heavy atom. The topological polar surface area (TPSA) is 32.7 Å². The Labute approximate surface area is 74.3 Å². The summed E-state index contributed by atoms with van der Waals surface area (Å²) in [6, 6.07) is 0. The third-order valence-corrected chi connectivity index (χ3v) is 2.21. The summed E-state index contributed by atoms with van der Waals surface area (Å²) in [6.07, 6.45) is -0.0706. The number of aliphatic hydroxyl groups excluding tert-OH is 1. The van der Waals surface area contributed by atoms with E-state index in [0.29, 0.717) is 0 Å². The molecule has 1 aliphatic heterocycles. The third-order valence-electron chi connectivity index (χ3n) is 2.21. The van der Waals surface area contributed by atoms with Crippen molar-refractivity contribution < 1.29 is 9.84 Å². The maximum Gasteiger partial charge on any atom is 0.0976 e. The zero-order chi connectivity index (χ0) is 9.14. The van der Waals surface area contributed by atoms with E-state index >= 15 is 0 Å². The number of rotatable bonds is 3. The molecule has 1 N–H and O–H groups in total. The van der Waals surface area contributed by atoms with E-state index in [2.05, 4.69) is 11.8 Å². The van der Waals surface area contributed by atoms with E-state index in [1.165, 1.54) is 0 Å². The molecule has 0 aromatic carbocycles. The molecule has 1 fully saturated rings. The summed E-state index contributed by atoms with van der Waals surface area (Å²) in [7, 11) is 0. The summed E-state index contributed by atoms with van der Waals surface area (Å²) >= 11 is 0. The van der Waals surface area contributed by atoms with Crippen LogP contribution in [0.1, 0.15) is 20.8 Å². The lowest BCUT2D eigenvalue weighted by atomic mass is 10.2. The second-order valence-corrected chi connectivity index (χ2v) is 3.64. The van der Waals surface area contributed by atoms with Gasteiger partial charge in [0.05, 0.1) is 18.3 Å². The van der Waals surface area contributed by atoms with Gasteiger partial charge in [0.1, 0.15) is 0 Å². The Balaban J connectivity index is 2.35. The van der Waals surface area contributed by atoms with Gasteiger partial charge in [-0.2, -0.15) is 0 Å². The first-order chi connectivity index (χ1) is 5.63. The maximum absolute atomic E-state index is 9.57. The molecule has 0 amide bonds. The number of likely N-dealkylation sites (N-methyl/N-ethyl adjacent to an activating group) is 1. The van der Waals surface area contributed by atoms with E-state index < -0.39 is 0 Å². The fourth-order valence-electron chi connectivity index (χ4n) is 1.57. The number of β-amino-alcohol motifs (C(OH)–C–C–N with tert-alkyl or cyclic N) is 1. The molecule has 0 aliphatic carbocycles. The van der Waals surface area contributed by atoms with E-state index in [4.69, 9.17) is 4.74 Å². The summed E-state index contributed by atoms with van der Waals surface area (Å²) in [5, 5.41) is 9.57. The molecule has 0 unspecified atom stereocenters. The van der Waals surface area contributed by atoms with Crippen LogP contribution in [0.2, 0.25) is 0 Å². The summed E-state index contributed by atoms with van der Waals surface area (Å²) in [4.78, 5) is 2.21. The van der Waals surface area contributed by atoms with Gasteiger partial charge in [0, 0.05) is 13.1 Å². The molecular formula is C9H19NO2. The number of likely N-dealkylation sites (tertiary alicyclic amines) is 1. The smallest absolute Gasteiger partial charge is 0.0976 e. The lowest BCUT2D eigenvalue weighted by Gasteiger charge is -2.17. The number of aliphatic hydroxyl groups is 1. The van der Waals surface area contributed by atoms with Crippen molar-refractivity contribution in [1.29, 1.82) is 0 Å². The highest BCUT2D eigenvalue weighted by Gasteiger charge is 2.31. The van der Waals surface area contributed by atoms with Crippen LogP contribution >= 0.6 is 0 Å². The SMILES string of the molecule is CCN1C[C@@H](O)[C@@H](OC(C)C)C1. The molecule has 0 radical (unpaired) electrons. The molecule has 1 aliphatic rings. The molecule has 12 heavy (non-hydrogen) atoms. The molecule has 0 spiro atoms. The van der Waals surface area contributed by atoms with Gasteiger partial charge < -0.3 is 9.84 Å². The van der Waals surface area contributed by atoms with Crippen LogP contribution in [0, 0.1) is 0 Å². The van der Waals surface area contributed by atoms with Gasteiger partial charge in [-0.05, 0) is 20.4 Å². The van der Waals surface area contributed by atoms with Crippen molar-refractivity contribution >= 4 is 0 Å². The van der Waals surface area contributed by atoms with Gasteiger partial charge in [-0.15, -0.1) is 0 Å². The molecule has 2 atom stereocenters. The first-order valence-corrected chi connectivity index (χ1v) is 4.69. The van der Waals surface area contributed by atoms with Crippen molar-refractivity contribution in [2.45, 2.75) is 39.1 Å². The summed E-state index contributed by atoms with van der Waals surface area (Å²) < 4.78 is 5.56. The van der Waals surface area contributed by atoms with Crippen LogP contribution in [0.5, 0.6) is 0 Å². The van der Waals surface area contributed by atoms with Crippen LogP contribution < -0.4 is 0 Å². The highest BCUT2D eigenvalue weighted by Crippen LogP contribution is 2.14. The van der Waals surface area contributed by atoms with Gasteiger partial charge >= 0.3 is 0 Å². The minimum atomic E-state index is -0.299. The van der Waals surface area contributed by atoms with E-state index in [-0.39, 0.29) is 18.3 Å². The third kappa shape index (κ3) is 2.44. The normalized spacial score (nSPS) is 31.8. The summed E-state index contributed by atoms with van der Waals surface area (Å²) in [6.45, 7) is 8.73. The highest BCUT2D eigenvalue weighted by molar-refractivity contribution is 4.84. The Morgan fingerprint density at radius 2 is 2.17 bits per heavy atom.